The van der Waals surface area contributed by atoms with Gasteiger partial charge in [-0.25, -0.2) is 13.6 Å². The molecule has 0 spiro atoms. The highest BCUT2D eigenvalue weighted by Gasteiger charge is 2.13. The van der Waals surface area contributed by atoms with Crippen LogP contribution >= 0.6 is 0 Å². The Labute approximate surface area is 96.1 Å². The Hall–Kier alpha value is -0.850. The van der Waals surface area contributed by atoms with E-state index in [4.69, 9.17) is 9.56 Å². The van der Waals surface area contributed by atoms with Gasteiger partial charge in [0.05, 0.1) is 6.54 Å². The van der Waals surface area contributed by atoms with Crippen LogP contribution in [0.2, 0.25) is 0 Å². The number of hydrogen-bond donors (Lipinski definition) is 2. The van der Waals surface area contributed by atoms with Crippen LogP contribution in [0.15, 0.2) is 21.6 Å². The summed E-state index contributed by atoms with van der Waals surface area (Å²) in [5.41, 5.74) is 0. The van der Waals surface area contributed by atoms with Crippen molar-refractivity contribution < 1.29 is 12.8 Å². The molecule has 3 N–H and O–H groups in total. The number of nitrogens with two attached hydrogens (primary N) is 1. The Bertz CT molecular complexity index is 425. The zero-order valence-electron chi connectivity index (χ0n) is 9.56. The number of rotatable bonds is 6. The van der Waals surface area contributed by atoms with E-state index in [1.54, 1.807) is 6.07 Å². The van der Waals surface area contributed by atoms with Gasteiger partial charge in [0.2, 0.25) is 5.09 Å². The molecule has 1 atom stereocenters. The fourth-order valence-corrected chi connectivity index (χ4v) is 1.90. The molecule has 1 aromatic heterocycles. The van der Waals surface area contributed by atoms with E-state index in [2.05, 4.69) is 19.2 Å². The van der Waals surface area contributed by atoms with Crippen molar-refractivity contribution in [1.82, 2.24) is 5.32 Å². The van der Waals surface area contributed by atoms with Crippen LogP contribution in [0.5, 0.6) is 0 Å². The van der Waals surface area contributed by atoms with Crippen molar-refractivity contribution in [2.24, 2.45) is 5.14 Å². The SMILES string of the molecule is CCCC(C)NCc1ccc(S(N)(=O)=O)o1. The van der Waals surface area contributed by atoms with E-state index in [-0.39, 0.29) is 5.09 Å². The zero-order chi connectivity index (χ0) is 12.2. The second-order valence-corrected chi connectivity index (χ2v) is 5.33. The molecule has 0 aromatic carbocycles. The largest absolute Gasteiger partial charge is 0.447 e. The minimum atomic E-state index is -3.73. The first-order valence-electron chi connectivity index (χ1n) is 5.28. The van der Waals surface area contributed by atoms with E-state index in [1.807, 2.05) is 0 Å². The molecule has 1 aromatic rings. The highest BCUT2D eigenvalue weighted by molar-refractivity contribution is 7.89. The molecule has 0 radical (unpaired) electrons. The Morgan fingerprint density at radius 3 is 2.69 bits per heavy atom. The van der Waals surface area contributed by atoms with E-state index >= 15 is 0 Å². The quantitative estimate of drug-likeness (QED) is 0.790. The molecule has 0 aliphatic carbocycles. The summed E-state index contributed by atoms with van der Waals surface area (Å²) in [6, 6.07) is 3.37. The molecule has 0 aliphatic rings. The molecule has 1 unspecified atom stereocenters. The van der Waals surface area contributed by atoms with E-state index < -0.39 is 10.0 Å². The van der Waals surface area contributed by atoms with Gasteiger partial charge in [-0.1, -0.05) is 13.3 Å². The first-order valence-corrected chi connectivity index (χ1v) is 6.83. The van der Waals surface area contributed by atoms with Crippen LogP contribution in [0.3, 0.4) is 0 Å². The average Bonchev–Trinajstić information content (AvgIpc) is 2.63. The lowest BCUT2D eigenvalue weighted by Crippen LogP contribution is -2.24. The van der Waals surface area contributed by atoms with Gasteiger partial charge in [-0.15, -0.1) is 0 Å². The van der Waals surface area contributed by atoms with Gasteiger partial charge in [-0.2, -0.15) is 0 Å². The predicted octanol–water partition coefficient (Wildman–Crippen LogP) is 1.21. The van der Waals surface area contributed by atoms with Gasteiger partial charge in [0.15, 0.2) is 0 Å². The number of hydrogen-bond acceptors (Lipinski definition) is 4. The summed E-state index contributed by atoms with van der Waals surface area (Å²) >= 11 is 0. The molecule has 0 saturated carbocycles. The number of nitrogens with one attached hydrogen (secondary N) is 1. The van der Waals surface area contributed by atoms with Gasteiger partial charge in [0.1, 0.15) is 5.76 Å². The summed E-state index contributed by atoms with van der Waals surface area (Å²) in [6.07, 6.45) is 2.18. The summed E-state index contributed by atoms with van der Waals surface area (Å²) in [5, 5.41) is 7.98. The third-order valence-corrected chi connectivity index (χ3v) is 3.04. The molecular weight excluding hydrogens is 228 g/mol. The van der Waals surface area contributed by atoms with Crippen LogP contribution in [0.1, 0.15) is 32.4 Å². The molecule has 0 fully saturated rings. The van der Waals surface area contributed by atoms with Crippen LogP contribution < -0.4 is 10.5 Å². The highest BCUT2D eigenvalue weighted by Crippen LogP contribution is 2.12. The maximum absolute atomic E-state index is 11.0. The third-order valence-electron chi connectivity index (χ3n) is 2.26. The van der Waals surface area contributed by atoms with Gasteiger partial charge in [-0.05, 0) is 25.5 Å². The highest BCUT2D eigenvalue weighted by atomic mass is 32.2. The first kappa shape index (κ1) is 13.2. The van der Waals surface area contributed by atoms with Crippen molar-refractivity contribution in [2.45, 2.75) is 44.4 Å². The molecular formula is C10H18N2O3S. The molecule has 6 heteroatoms. The maximum Gasteiger partial charge on any atom is 0.271 e. The lowest BCUT2D eigenvalue weighted by atomic mass is 10.2. The predicted molar refractivity (Wildman–Crippen MR) is 61.3 cm³/mol. The Morgan fingerprint density at radius 1 is 1.50 bits per heavy atom. The van der Waals surface area contributed by atoms with Crippen LogP contribution in [0.25, 0.3) is 0 Å². The molecule has 1 rings (SSSR count). The maximum atomic E-state index is 11.0. The number of furan rings is 1. The van der Waals surface area contributed by atoms with E-state index in [9.17, 15) is 8.42 Å². The van der Waals surface area contributed by atoms with E-state index in [1.165, 1.54) is 6.07 Å². The lowest BCUT2D eigenvalue weighted by Gasteiger charge is -2.10. The second kappa shape index (κ2) is 5.47. The second-order valence-electron chi connectivity index (χ2n) is 3.84. The molecule has 5 nitrogen and oxygen atoms in total. The molecule has 16 heavy (non-hydrogen) atoms. The molecule has 1 heterocycles. The topological polar surface area (TPSA) is 85.3 Å². The van der Waals surface area contributed by atoms with Crippen LogP contribution in [0, 0.1) is 0 Å². The Morgan fingerprint density at radius 2 is 2.19 bits per heavy atom. The standard InChI is InChI=1S/C10H18N2O3S/c1-3-4-8(2)12-7-9-5-6-10(15-9)16(11,13)14/h5-6,8,12H,3-4,7H2,1-2H3,(H2,11,13,14). The van der Waals surface area contributed by atoms with Crippen molar-refractivity contribution in [2.75, 3.05) is 0 Å². The van der Waals surface area contributed by atoms with Crippen molar-refractivity contribution >= 4 is 10.0 Å². The first-order chi connectivity index (χ1) is 7.43. The fourth-order valence-electron chi connectivity index (χ4n) is 1.42. The van der Waals surface area contributed by atoms with Gasteiger partial charge in [0, 0.05) is 6.04 Å². The van der Waals surface area contributed by atoms with Crippen molar-refractivity contribution in [3.8, 4) is 0 Å². The summed E-state index contributed by atoms with van der Waals surface area (Å²) in [5.74, 6) is 0.576. The lowest BCUT2D eigenvalue weighted by molar-refractivity contribution is 0.387. The molecule has 0 saturated heterocycles. The monoisotopic (exact) mass is 246 g/mol. The minimum absolute atomic E-state index is 0.188. The van der Waals surface area contributed by atoms with E-state index in [0.717, 1.165) is 12.8 Å². The minimum Gasteiger partial charge on any atom is -0.447 e. The van der Waals surface area contributed by atoms with Crippen molar-refractivity contribution in [3.05, 3.63) is 17.9 Å². The van der Waals surface area contributed by atoms with E-state index in [0.29, 0.717) is 18.3 Å². The fraction of sp³-hybridized carbons (Fsp3) is 0.600. The van der Waals surface area contributed by atoms with Crippen molar-refractivity contribution in [1.29, 1.82) is 0 Å². The van der Waals surface area contributed by atoms with Gasteiger partial charge in [-0.3, -0.25) is 0 Å². The number of primary sulfonamides is 1. The van der Waals surface area contributed by atoms with Crippen molar-refractivity contribution in [3.63, 3.8) is 0 Å². The van der Waals surface area contributed by atoms with Crippen LogP contribution in [0.4, 0.5) is 0 Å². The molecule has 0 aliphatic heterocycles. The Balaban J connectivity index is 2.53. The summed E-state index contributed by atoms with van der Waals surface area (Å²) in [4.78, 5) is 0. The Kier molecular flexibility index (Phi) is 4.52. The molecule has 0 amide bonds. The van der Waals surface area contributed by atoms with Crippen LogP contribution in [-0.4, -0.2) is 14.5 Å². The summed E-state index contributed by atoms with van der Waals surface area (Å²) in [7, 11) is -3.73. The molecule has 92 valence electrons. The smallest absolute Gasteiger partial charge is 0.271 e. The van der Waals surface area contributed by atoms with Gasteiger partial charge < -0.3 is 9.73 Å². The summed E-state index contributed by atoms with van der Waals surface area (Å²) < 4.78 is 27.0. The van der Waals surface area contributed by atoms with Crippen LogP contribution in [-0.2, 0) is 16.6 Å². The summed E-state index contributed by atoms with van der Waals surface area (Å²) in [6.45, 7) is 4.70. The zero-order valence-corrected chi connectivity index (χ0v) is 10.4. The third kappa shape index (κ3) is 3.96. The van der Waals surface area contributed by atoms with Gasteiger partial charge in [0.25, 0.3) is 10.0 Å². The normalized spacial score (nSPS) is 13.9. The molecule has 0 bridgehead atoms. The average molecular weight is 246 g/mol. The number of sulfonamides is 1. The van der Waals surface area contributed by atoms with Gasteiger partial charge >= 0.3 is 0 Å².